The second-order valence-electron chi connectivity index (χ2n) is 4.63. The molecule has 1 fully saturated rings. The van der Waals surface area contributed by atoms with Crippen molar-refractivity contribution in [1.82, 2.24) is 4.90 Å². The molecule has 2 aliphatic heterocycles. The molecule has 18 heavy (non-hydrogen) atoms. The molecular weight excluding hydrogens is 252 g/mol. The lowest BCUT2D eigenvalue weighted by molar-refractivity contribution is 0.103. The Morgan fingerprint density at radius 1 is 1.33 bits per heavy atom. The summed E-state index contributed by atoms with van der Waals surface area (Å²) in [7, 11) is -3.56. The minimum absolute atomic E-state index is 0.264. The topological polar surface area (TPSA) is 70.0 Å². The zero-order valence-electron chi connectivity index (χ0n) is 9.78. The lowest BCUT2D eigenvalue weighted by Gasteiger charge is -2.31. The van der Waals surface area contributed by atoms with Gasteiger partial charge >= 0.3 is 0 Å². The van der Waals surface area contributed by atoms with E-state index in [1.807, 2.05) is 4.90 Å². The van der Waals surface area contributed by atoms with E-state index in [1.54, 1.807) is 24.3 Å². The summed E-state index contributed by atoms with van der Waals surface area (Å²) in [6.07, 6.45) is 1.21. The molecule has 0 aromatic heterocycles. The van der Waals surface area contributed by atoms with Crippen LogP contribution in [0.4, 0.5) is 0 Å². The number of amidine groups is 1. The summed E-state index contributed by atoms with van der Waals surface area (Å²) in [5.74, 6) is 0.476. The van der Waals surface area contributed by atoms with Crippen LogP contribution in [-0.2, 0) is 10.0 Å². The van der Waals surface area contributed by atoms with Gasteiger partial charge in [-0.3, -0.25) is 0 Å². The normalized spacial score (nSPS) is 25.7. The maximum atomic E-state index is 11.9. The second kappa shape index (κ2) is 4.07. The number of rotatable bonds is 0. The minimum Gasteiger partial charge on any atom is -0.391 e. The summed E-state index contributed by atoms with van der Waals surface area (Å²) in [4.78, 5) is 2.12. The van der Waals surface area contributed by atoms with E-state index in [0.717, 1.165) is 19.4 Å². The number of hydrogen-bond donors (Lipinski definition) is 1. The molecule has 2 aliphatic rings. The molecule has 1 N–H and O–H groups in total. The van der Waals surface area contributed by atoms with Crippen LogP contribution in [0.15, 0.2) is 33.6 Å². The largest absolute Gasteiger partial charge is 0.391 e. The summed E-state index contributed by atoms with van der Waals surface area (Å²) in [6, 6.07) is 6.83. The van der Waals surface area contributed by atoms with Crippen LogP contribution < -0.4 is 0 Å². The quantitative estimate of drug-likeness (QED) is 0.746. The summed E-state index contributed by atoms with van der Waals surface area (Å²) >= 11 is 0. The lowest BCUT2D eigenvalue weighted by atomic mass is 10.1. The third-order valence-electron chi connectivity index (χ3n) is 3.31. The predicted octanol–water partition coefficient (Wildman–Crippen LogP) is 0.592. The van der Waals surface area contributed by atoms with Crippen LogP contribution >= 0.6 is 0 Å². The molecule has 6 heteroatoms. The van der Waals surface area contributed by atoms with Crippen molar-refractivity contribution in [1.29, 1.82) is 0 Å². The van der Waals surface area contributed by atoms with Gasteiger partial charge in [0.15, 0.2) is 5.84 Å². The summed E-state index contributed by atoms with van der Waals surface area (Å²) < 4.78 is 27.7. The first-order valence-corrected chi connectivity index (χ1v) is 7.39. The van der Waals surface area contributed by atoms with Gasteiger partial charge in [0.2, 0.25) is 0 Å². The fraction of sp³-hybridized carbons (Fsp3) is 0.417. The fourth-order valence-corrected chi connectivity index (χ4v) is 3.69. The number of β-amino-alcohol motifs (C(OH)–C–C–N with tert-alkyl or cyclic N) is 1. The first-order valence-electron chi connectivity index (χ1n) is 5.95. The Balaban J connectivity index is 2.04. The van der Waals surface area contributed by atoms with Gasteiger partial charge in [0.05, 0.1) is 6.10 Å². The standard InChI is InChI=1S/C12H14N2O3S/c15-9-4-3-7-14(8-9)12-10-5-1-2-6-11(10)18(16,17)13-12/h1-2,5-6,9,15H,3-4,7-8H2/t9-/m1/s1. The Labute approximate surface area is 106 Å². The van der Waals surface area contributed by atoms with Gasteiger partial charge in [-0.2, -0.15) is 8.42 Å². The third kappa shape index (κ3) is 1.81. The van der Waals surface area contributed by atoms with E-state index in [-0.39, 0.29) is 4.90 Å². The van der Waals surface area contributed by atoms with Gasteiger partial charge in [0, 0.05) is 18.7 Å². The molecule has 0 spiro atoms. The average molecular weight is 266 g/mol. The predicted molar refractivity (Wildman–Crippen MR) is 67.0 cm³/mol. The number of aliphatic hydroxyl groups excluding tert-OH is 1. The number of nitrogens with zero attached hydrogens (tertiary/aromatic N) is 2. The highest BCUT2D eigenvalue weighted by atomic mass is 32.2. The summed E-state index contributed by atoms with van der Waals surface area (Å²) in [5.41, 5.74) is 0.645. The van der Waals surface area contributed by atoms with Crippen molar-refractivity contribution in [2.45, 2.75) is 23.8 Å². The SMILES string of the molecule is O=S1(=O)N=C(N2CCC[C@@H](O)C2)c2ccccc21. The molecule has 96 valence electrons. The minimum atomic E-state index is -3.56. The van der Waals surface area contributed by atoms with Crippen LogP contribution in [0.5, 0.6) is 0 Å². The van der Waals surface area contributed by atoms with E-state index < -0.39 is 16.1 Å². The average Bonchev–Trinajstić information content (AvgIpc) is 2.63. The fourth-order valence-electron chi connectivity index (χ4n) is 2.46. The van der Waals surface area contributed by atoms with Crippen LogP contribution in [0.3, 0.4) is 0 Å². The molecule has 2 heterocycles. The van der Waals surface area contributed by atoms with Crippen molar-refractivity contribution in [3.05, 3.63) is 29.8 Å². The number of piperidine rings is 1. The van der Waals surface area contributed by atoms with Crippen molar-refractivity contribution in [3.63, 3.8) is 0 Å². The van der Waals surface area contributed by atoms with Gasteiger partial charge in [-0.25, -0.2) is 0 Å². The van der Waals surface area contributed by atoms with Gasteiger partial charge in [0.1, 0.15) is 4.90 Å². The Morgan fingerprint density at radius 2 is 2.11 bits per heavy atom. The van der Waals surface area contributed by atoms with Gasteiger partial charge in [0.25, 0.3) is 10.0 Å². The molecule has 3 rings (SSSR count). The van der Waals surface area contributed by atoms with Gasteiger partial charge in [-0.15, -0.1) is 4.40 Å². The second-order valence-corrected chi connectivity index (χ2v) is 6.20. The number of benzene rings is 1. The van der Waals surface area contributed by atoms with Crippen LogP contribution in [0.1, 0.15) is 18.4 Å². The monoisotopic (exact) mass is 266 g/mol. The third-order valence-corrected chi connectivity index (χ3v) is 4.63. The van der Waals surface area contributed by atoms with Gasteiger partial charge in [-0.05, 0) is 25.0 Å². The molecule has 0 unspecified atom stereocenters. The number of aliphatic hydroxyl groups is 1. The molecular formula is C12H14N2O3S. The van der Waals surface area contributed by atoms with Crippen molar-refractivity contribution in [2.75, 3.05) is 13.1 Å². The molecule has 0 bridgehead atoms. The van der Waals surface area contributed by atoms with Crippen LogP contribution in [-0.4, -0.2) is 43.5 Å². The van der Waals surface area contributed by atoms with E-state index in [4.69, 9.17) is 0 Å². The van der Waals surface area contributed by atoms with E-state index in [9.17, 15) is 13.5 Å². The van der Waals surface area contributed by atoms with Crippen molar-refractivity contribution in [3.8, 4) is 0 Å². The van der Waals surface area contributed by atoms with Gasteiger partial charge in [-0.1, -0.05) is 12.1 Å². The summed E-state index contributed by atoms with van der Waals surface area (Å²) in [5, 5.41) is 9.67. The molecule has 0 saturated carbocycles. The van der Waals surface area contributed by atoms with Gasteiger partial charge < -0.3 is 10.0 Å². The number of fused-ring (bicyclic) bond motifs is 1. The highest BCUT2D eigenvalue weighted by Crippen LogP contribution is 2.28. The first kappa shape index (κ1) is 11.7. The Kier molecular flexibility index (Phi) is 2.64. The maximum Gasteiger partial charge on any atom is 0.285 e. The molecule has 0 aliphatic carbocycles. The zero-order chi connectivity index (χ0) is 12.8. The molecule has 1 aromatic carbocycles. The van der Waals surface area contributed by atoms with E-state index in [0.29, 0.717) is 17.9 Å². The number of sulfonamides is 1. The Hall–Kier alpha value is -1.40. The van der Waals surface area contributed by atoms with Crippen molar-refractivity contribution < 1.29 is 13.5 Å². The zero-order valence-corrected chi connectivity index (χ0v) is 10.6. The molecule has 1 saturated heterocycles. The Bertz CT molecular complexity index is 610. The van der Waals surface area contributed by atoms with E-state index in [1.165, 1.54) is 0 Å². The molecule has 1 atom stereocenters. The van der Waals surface area contributed by atoms with Crippen LogP contribution in [0, 0.1) is 0 Å². The highest BCUT2D eigenvalue weighted by molar-refractivity contribution is 7.90. The number of likely N-dealkylation sites (tertiary alicyclic amines) is 1. The molecule has 0 radical (unpaired) electrons. The molecule has 1 aromatic rings. The highest BCUT2D eigenvalue weighted by Gasteiger charge is 2.33. The first-order chi connectivity index (χ1) is 8.58. The Morgan fingerprint density at radius 3 is 2.89 bits per heavy atom. The van der Waals surface area contributed by atoms with E-state index in [2.05, 4.69) is 4.40 Å². The maximum absolute atomic E-state index is 11.9. The van der Waals surface area contributed by atoms with E-state index >= 15 is 0 Å². The van der Waals surface area contributed by atoms with Crippen LogP contribution in [0.25, 0.3) is 0 Å². The molecule has 5 nitrogen and oxygen atoms in total. The van der Waals surface area contributed by atoms with Crippen LogP contribution in [0.2, 0.25) is 0 Å². The lowest BCUT2D eigenvalue weighted by Crippen LogP contribution is -2.42. The number of hydrogen-bond acceptors (Lipinski definition) is 4. The van der Waals surface area contributed by atoms with Crippen molar-refractivity contribution in [2.24, 2.45) is 4.40 Å². The van der Waals surface area contributed by atoms with Crippen molar-refractivity contribution >= 4 is 15.9 Å². The molecule has 0 amide bonds. The smallest absolute Gasteiger partial charge is 0.285 e. The summed E-state index contributed by atoms with van der Waals surface area (Å²) in [6.45, 7) is 1.18.